The second kappa shape index (κ2) is 4.39. The van der Waals surface area contributed by atoms with Crippen molar-refractivity contribution in [3.63, 3.8) is 0 Å². The molecule has 0 aliphatic carbocycles. The first-order valence-electron chi connectivity index (χ1n) is 5.47. The van der Waals surface area contributed by atoms with E-state index in [9.17, 15) is 0 Å². The smallest absolute Gasteiger partial charge is 0.203 e. The molecule has 0 fully saturated rings. The van der Waals surface area contributed by atoms with E-state index in [2.05, 4.69) is 40.9 Å². The van der Waals surface area contributed by atoms with Crippen molar-refractivity contribution in [3.05, 3.63) is 35.9 Å². The Morgan fingerprint density at radius 1 is 1.38 bits per heavy atom. The SMILES string of the molecule is CC(C)=CCNc1nc2ccccc2n1C. The van der Waals surface area contributed by atoms with Gasteiger partial charge in [0.1, 0.15) is 0 Å². The minimum absolute atomic E-state index is 0.819. The molecular weight excluding hydrogens is 198 g/mol. The summed E-state index contributed by atoms with van der Waals surface area (Å²) in [5.74, 6) is 0.915. The van der Waals surface area contributed by atoms with Gasteiger partial charge in [0.2, 0.25) is 5.95 Å². The van der Waals surface area contributed by atoms with Crippen LogP contribution in [-0.4, -0.2) is 16.1 Å². The Balaban J connectivity index is 2.25. The maximum atomic E-state index is 4.53. The highest BCUT2D eigenvalue weighted by Gasteiger charge is 2.04. The van der Waals surface area contributed by atoms with Gasteiger partial charge in [-0.05, 0) is 26.0 Å². The minimum Gasteiger partial charge on any atom is -0.352 e. The van der Waals surface area contributed by atoms with Crippen molar-refractivity contribution < 1.29 is 0 Å². The van der Waals surface area contributed by atoms with Gasteiger partial charge in [0.15, 0.2) is 0 Å². The monoisotopic (exact) mass is 215 g/mol. The highest BCUT2D eigenvalue weighted by Crippen LogP contribution is 2.17. The van der Waals surface area contributed by atoms with E-state index in [1.807, 2.05) is 25.2 Å². The molecule has 2 rings (SSSR count). The van der Waals surface area contributed by atoms with Crippen molar-refractivity contribution in [2.24, 2.45) is 7.05 Å². The zero-order chi connectivity index (χ0) is 11.5. The van der Waals surface area contributed by atoms with Crippen LogP contribution in [0.5, 0.6) is 0 Å². The Morgan fingerprint density at radius 2 is 2.12 bits per heavy atom. The van der Waals surface area contributed by atoms with Crippen LogP contribution in [0, 0.1) is 0 Å². The van der Waals surface area contributed by atoms with Crippen molar-refractivity contribution in [1.29, 1.82) is 0 Å². The highest BCUT2D eigenvalue weighted by atomic mass is 15.2. The van der Waals surface area contributed by atoms with E-state index < -0.39 is 0 Å². The fraction of sp³-hybridized carbons (Fsp3) is 0.308. The fourth-order valence-corrected chi connectivity index (χ4v) is 1.65. The summed E-state index contributed by atoms with van der Waals surface area (Å²) in [6.45, 7) is 5.01. The van der Waals surface area contributed by atoms with Crippen LogP contribution in [0.1, 0.15) is 13.8 Å². The summed E-state index contributed by atoms with van der Waals surface area (Å²) < 4.78 is 2.08. The first-order valence-corrected chi connectivity index (χ1v) is 5.47. The van der Waals surface area contributed by atoms with Gasteiger partial charge in [0.05, 0.1) is 11.0 Å². The van der Waals surface area contributed by atoms with Crippen LogP contribution in [0.15, 0.2) is 35.9 Å². The van der Waals surface area contributed by atoms with E-state index in [1.165, 1.54) is 5.57 Å². The summed E-state index contributed by atoms with van der Waals surface area (Å²) in [5.41, 5.74) is 3.50. The molecule has 0 unspecified atom stereocenters. The number of imidazole rings is 1. The lowest BCUT2D eigenvalue weighted by atomic mass is 10.3. The number of nitrogens with zero attached hydrogens (tertiary/aromatic N) is 2. The molecular formula is C13H17N3. The lowest BCUT2D eigenvalue weighted by Gasteiger charge is -2.03. The average Bonchev–Trinajstić information content (AvgIpc) is 2.56. The molecule has 0 radical (unpaired) electrons. The van der Waals surface area contributed by atoms with Crippen LogP contribution in [-0.2, 0) is 7.05 Å². The van der Waals surface area contributed by atoms with E-state index in [1.54, 1.807) is 0 Å². The zero-order valence-electron chi connectivity index (χ0n) is 9.99. The number of anilines is 1. The van der Waals surface area contributed by atoms with Crippen molar-refractivity contribution in [2.45, 2.75) is 13.8 Å². The summed E-state index contributed by atoms with van der Waals surface area (Å²) in [4.78, 5) is 4.53. The maximum Gasteiger partial charge on any atom is 0.203 e. The first kappa shape index (κ1) is 10.7. The Hall–Kier alpha value is -1.77. The van der Waals surface area contributed by atoms with E-state index in [0.29, 0.717) is 0 Å². The number of aromatic nitrogens is 2. The van der Waals surface area contributed by atoms with Crippen molar-refractivity contribution >= 4 is 17.0 Å². The number of hydrogen-bond acceptors (Lipinski definition) is 2. The van der Waals surface area contributed by atoms with Crippen LogP contribution in [0.3, 0.4) is 0 Å². The van der Waals surface area contributed by atoms with Gasteiger partial charge in [-0.3, -0.25) is 0 Å². The molecule has 0 saturated carbocycles. The van der Waals surface area contributed by atoms with Crippen molar-refractivity contribution in [2.75, 3.05) is 11.9 Å². The summed E-state index contributed by atoms with van der Waals surface area (Å²) in [5, 5.41) is 3.31. The normalized spacial score (nSPS) is 10.4. The predicted octanol–water partition coefficient (Wildman–Crippen LogP) is 2.95. The molecule has 0 amide bonds. The minimum atomic E-state index is 0.819. The number of aryl methyl sites for hydroxylation is 1. The number of nitrogens with one attached hydrogen (secondary N) is 1. The zero-order valence-corrected chi connectivity index (χ0v) is 9.99. The molecule has 0 saturated heterocycles. The van der Waals surface area contributed by atoms with Crippen LogP contribution in [0.2, 0.25) is 0 Å². The molecule has 0 aliphatic heterocycles. The summed E-state index contributed by atoms with van der Waals surface area (Å²) >= 11 is 0. The van der Waals surface area contributed by atoms with Crippen LogP contribution in [0.25, 0.3) is 11.0 Å². The summed E-state index contributed by atoms with van der Waals surface area (Å²) in [7, 11) is 2.03. The molecule has 0 aliphatic rings. The van der Waals surface area contributed by atoms with E-state index in [4.69, 9.17) is 0 Å². The molecule has 0 bridgehead atoms. The van der Waals surface area contributed by atoms with Crippen molar-refractivity contribution in [3.8, 4) is 0 Å². The Bertz CT molecular complexity index is 519. The molecule has 1 aromatic carbocycles. The number of rotatable bonds is 3. The molecule has 1 heterocycles. The first-order chi connectivity index (χ1) is 7.68. The van der Waals surface area contributed by atoms with E-state index >= 15 is 0 Å². The molecule has 1 aromatic heterocycles. The third-order valence-corrected chi connectivity index (χ3v) is 2.56. The van der Waals surface area contributed by atoms with Gasteiger partial charge in [-0.15, -0.1) is 0 Å². The Morgan fingerprint density at radius 3 is 2.81 bits per heavy atom. The van der Waals surface area contributed by atoms with Gasteiger partial charge >= 0.3 is 0 Å². The van der Waals surface area contributed by atoms with Crippen LogP contribution >= 0.6 is 0 Å². The third kappa shape index (κ3) is 2.08. The van der Waals surface area contributed by atoms with Crippen molar-refractivity contribution in [1.82, 2.24) is 9.55 Å². The van der Waals surface area contributed by atoms with Gasteiger partial charge in [0.25, 0.3) is 0 Å². The lowest BCUT2D eigenvalue weighted by Crippen LogP contribution is -2.04. The van der Waals surface area contributed by atoms with Gasteiger partial charge in [-0.1, -0.05) is 23.8 Å². The second-order valence-corrected chi connectivity index (χ2v) is 4.15. The number of fused-ring (bicyclic) bond motifs is 1. The largest absolute Gasteiger partial charge is 0.352 e. The van der Waals surface area contributed by atoms with Gasteiger partial charge in [0, 0.05) is 13.6 Å². The van der Waals surface area contributed by atoms with Gasteiger partial charge in [-0.2, -0.15) is 0 Å². The quantitative estimate of drug-likeness (QED) is 0.798. The molecule has 3 heteroatoms. The molecule has 2 aromatic rings. The standard InChI is InChI=1S/C13H17N3/c1-10(2)8-9-14-13-15-11-6-4-5-7-12(11)16(13)3/h4-8H,9H2,1-3H3,(H,14,15). The highest BCUT2D eigenvalue weighted by molar-refractivity contribution is 5.78. The third-order valence-electron chi connectivity index (χ3n) is 2.56. The number of para-hydroxylation sites is 2. The number of benzene rings is 1. The molecule has 84 valence electrons. The molecule has 1 N–H and O–H groups in total. The summed E-state index contributed by atoms with van der Waals surface area (Å²) in [6.07, 6.45) is 2.15. The van der Waals surface area contributed by atoms with E-state index in [-0.39, 0.29) is 0 Å². The summed E-state index contributed by atoms with van der Waals surface area (Å²) in [6, 6.07) is 8.15. The number of hydrogen-bond donors (Lipinski definition) is 1. The fourth-order valence-electron chi connectivity index (χ4n) is 1.65. The number of allylic oxidation sites excluding steroid dienone is 1. The Kier molecular flexibility index (Phi) is 2.95. The maximum absolute atomic E-state index is 4.53. The topological polar surface area (TPSA) is 29.9 Å². The molecule has 0 atom stereocenters. The van der Waals surface area contributed by atoms with Gasteiger partial charge in [-0.25, -0.2) is 4.98 Å². The van der Waals surface area contributed by atoms with E-state index in [0.717, 1.165) is 23.5 Å². The van der Waals surface area contributed by atoms with Crippen LogP contribution in [0.4, 0.5) is 5.95 Å². The molecule has 16 heavy (non-hydrogen) atoms. The predicted molar refractivity (Wildman–Crippen MR) is 68.6 cm³/mol. The average molecular weight is 215 g/mol. The lowest BCUT2D eigenvalue weighted by molar-refractivity contribution is 0.943. The molecule has 3 nitrogen and oxygen atoms in total. The Labute approximate surface area is 95.8 Å². The molecule has 0 spiro atoms. The second-order valence-electron chi connectivity index (χ2n) is 4.15. The van der Waals surface area contributed by atoms with Gasteiger partial charge < -0.3 is 9.88 Å². The van der Waals surface area contributed by atoms with Crippen LogP contribution < -0.4 is 5.32 Å².